The van der Waals surface area contributed by atoms with Gasteiger partial charge in [-0.3, -0.25) is 0 Å². The molecule has 0 aliphatic rings. The van der Waals surface area contributed by atoms with E-state index in [1.54, 1.807) is 0 Å². The summed E-state index contributed by atoms with van der Waals surface area (Å²) in [5, 5.41) is 3.27. The lowest BCUT2D eigenvalue weighted by Gasteiger charge is -2.09. The highest BCUT2D eigenvalue weighted by Crippen LogP contribution is 2.32. The number of aromatic nitrogens is 1. The van der Waals surface area contributed by atoms with Gasteiger partial charge in [-0.2, -0.15) is 13.2 Å². The molecule has 0 saturated carbocycles. The predicted molar refractivity (Wildman–Crippen MR) is 52.9 cm³/mol. The van der Waals surface area contributed by atoms with Crippen molar-refractivity contribution >= 4 is 5.97 Å². The maximum absolute atomic E-state index is 13.2. The molecule has 0 aliphatic heterocycles. The van der Waals surface area contributed by atoms with Crippen LogP contribution in [0.25, 0.3) is 0 Å². The van der Waals surface area contributed by atoms with Crippen LogP contribution in [-0.4, -0.2) is 11.1 Å². The number of ether oxygens (including phenoxy) is 1. The minimum absolute atomic E-state index is 0.180. The number of hydrogen-bond donors (Lipinski definition) is 0. The van der Waals surface area contributed by atoms with E-state index in [2.05, 4.69) is 14.4 Å². The number of esters is 1. The molecule has 8 heteroatoms. The Morgan fingerprint density at radius 1 is 1.26 bits per heavy atom. The Labute approximate surface area is 103 Å². The number of benzene rings is 1. The van der Waals surface area contributed by atoms with Crippen molar-refractivity contribution in [3.05, 3.63) is 47.6 Å². The van der Waals surface area contributed by atoms with E-state index in [1.165, 1.54) is 6.07 Å². The van der Waals surface area contributed by atoms with Crippen LogP contribution in [0.15, 0.2) is 35.1 Å². The lowest BCUT2D eigenvalue weighted by Crippen LogP contribution is -2.11. The number of nitrogens with zero attached hydrogens (tertiary/aromatic N) is 1. The van der Waals surface area contributed by atoms with Crippen LogP contribution >= 0.6 is 0 Å². The largest absolute Gasteiger partial charge is 0.422 e. The van der Waals surface area contributed by atoms with Crippen LogP contribution in [0.3, 0.4) is 0 Å². The predicted octanol–water partition coefficient (Wildman–Crippen LogP) is 3.05. The van der Waals surface area contributed by atoms with Crippen LogP contribution in [-0.2, 0) is 6.18 Å². The van der Waals surface area contributed by atoms with E-state index in [0.29, 0.717) is 12.1 Å². The molecule has 0 fully saturated rings. The molecule has 100 valence electrons. The average Bonchev–Trinajstić information content (AvgIpc) is 2.80. The summed E-state index contributed by atoms with van der Waals surface area (Å²) >= 11 is 0. The Morgan fingerprint density at radius 3 is 2.53 bits per heavy atom. The summed E-state index contributed by atoms with van der Waals surface area (Å²) in [6.45, 7) is 0. The first-order valence-corrected chi connectivity index (χ1v) is 4.87. The van der Waals surface area contributed by atoms with Crippen molar-refractivity contribution in [2.75, 3.05) is 0 Å². The van der Waals surface area contributed by atoms with Gasteiger partial charge in [-0.05, 0) is 12.1 Å². The SMILES string of the molecule is O=C(Oc1ccc(C(F)(F)F)c(F)c1)c1ccon1. The Bertz CT molecular complexity index is 592. The molecule has 0 aliphatic carbocycles. The molecule has 19 heavy (non-hydrogen) atoms. The average molecular weight is 275 g/mol. The van der Waals surface area contributed by atoms with Crippen molar-refractivity contribution in [2.24, 2.45) is 0 Å². The molecule has 4 nitrogen and oxygen atoms in total. The molecular formula is C11H5F4NO3. The molecule has 1 heterocycles. The monoisotopic (exact) mass is 275 g/mol. The van der Waals surface area contributed by atoms with Crippen LogP contribution in [0.1, 0.15) is 16.1 Å². The van der Waals surface area contributed by atoms with E-state index in [0.717, 1.165) is 12.3 Å². The topological polar surface area (TPSA) is 52.3 Å². The molecule has 1 aromatic carbocycles. The first-order valence-electron chi connectivity index (χ1n) is 4.87. The molecule has 0 spiro atoms. The van der Waals surface area contributed by atoms with E-state index in [9.17, 15) is 22.4 Å². The van der Waals surface area contributed by atoms with E-state index in [4.69, 9.17) is 0 Å². The fraction of sp³-hybridized carbons (Fsp3) is 0.0909. The minimum Gasteiger partial charge on any atom is -0.422 e. The molecular weight excluding hydrogens is 270 g/mol. The number of carbonyl (C=O) groups excluding carboxylic acids is 1. The summed E-state index contributed by atoms with van der Waals surface area (Å²) in [5.41, 5.74) is -1.62. The molecule has 0 bridgehead atoms. The molecule has 0 saturated heterocycles. The quantitative estimate of drug-likeness (QED) is 0.480. The fourth-order valence-corrected chi connectivity index (χ4v) is 1.27. The standard InChI is InChI=1S/C11H5F4NO3/c12-8-5-6(1-2-7(8)11(13,14)15)19-10(17)9-3-4-18-16-9/h1-5H. The smallest absolute Gasteiger partial charge is 0.419 e. The van der Waals surface area contributed by atoms with Crippen molar-refractivity contribution in [2.45, 2.75) is 6.18 Å². The van der Waals surface area contributed by atoms with Gasteiger partial charge >= 0.3 is 12.1 Å². The lowest BCUT2D eigenvalue weighted by molar-refractivity contribution is -0.140. The van der Waals surface area contributed by atoms with Crippen molar-refractivity contribution in [1.29, 1.82) is 0 Å². The summed E-state index contributed by atoms with van der Waals surface area (Å²) in [6.07, 6.45) is -3.69. The van der Waals surface area contributed by atoms with Crippen LogP contribution in [0.2, 0.25) is 0 Å². The fourth-order valence-electron chi connectivity index (χ4n) is 1.27. The highest BCUT2D eigenvalue weighted by Gasteiger charge is 2.34. The zero-order valence-electron chi connectivity index (χ0n) is 9.07. The number of hydrogen-bond acceptors (Lipinski definition) is 4. The highest BCUT2D eigenvalue weighted by molar-refractivity contribution is 5.88. The van der Waals surface area contributed by atoms with Gasteiger partial charge in [-0.15, -0.1) is 0 Å². The maximum Gasteiger partial charge on any atom is 0.419 e. The van der Waals surface area contributed by atoms with Crippen LogP contribution in [0, 0.1) is 5.82 Å². The van der Waals surface area contributed by atoms with Crippen molar-refractivity contribution in [3.8, 4) is 5.75 Å². The molecule has 0 amide bonds. The van der Waals surface area contributed by atoms with E-state index >= 15 is 0 Å². The third-order valence-corrected chi connectivity index (χ3v) is 2.10. The highest BCUT2D eigenvalue weighted by atomic mass is 19.4. The summed E-state index contributed by atoms with van der Waals surface area (Å²) in [7, 11) is 0. The maximum atomic E-state index is 13.2. The Balaban J connectivity index is 2.19. The van der Waals surface area contributed by atoms with Crippen molar-refractivity contribution in [1.82, 2.24) is 5.16 Å². The minimum atomic E-state index is -4.81. The van der Waals surface area contributed by atoms with Gasteiger partial charge in [0.25, 0.3) is 0 Å². The molecule has 2 aromatic rings. The number of halogens is 4. The molecule has 0 atom stereocenters. The van der Waals surface area contributed by atoms with Gasteiger partial charge in [0.1, 0.15) is 17.8 Å². The summed E-state index contributed by atoms with van der Waals surface area (Å²) in [4.78, 5) is 11.4. The van der Waals surface area contributed by atoms with E-state index in [-0.39, 0.29) is 11.4 Å². The lowest BCUT2D eigenvalue weighted by atomic mass is 10.2. The van der Waals surface area contributed by atoms with Crippen molar-refractivity contribution in [3.63, 3.8) is 0 Å². The third kappa shape index (κ3) is 2.90. The second-order valence-corrected chi connectivity index (χ2v) is 3.41. The normalized spacial score (nSPS) is 11.4. The second-order valence-electron chi connectivity index (χ2n) is 3.41. The van der Waals surface area contributed by atoms with Gasteiger partial charge in [-0.1, -0.05) is 5.16 Å². The van der Waals surface area contributed by atoms with E-state index < -0.39 is 23.5 Å². The first kappa shape index (κ1) is 13.1. The van der Waals surface area contributed by atoms with Crippen LogP contribution in [0.5, 0.6) is 5.75 Å². The van der Waals surface area contributed by atoms with Gasteiger partial charge in [0.15, 0.2) is 5.69 Å². The molecule has 0 N–H and O–H groups in total. The molecule has 2 rings (SSSR count). The zero-order chi connectivity index (χ0) is 14.0. The Morgan fingerprint density at radius 2 is 2.00 bits per heavy atom. The van der Waals surface area contributed by atoms with Gasteiger partial charge < -0.3 is 9.26 Å². The third-order valence-electron chi connectivity index (χ3n) is 2.10. The van der Waals surface area contributed by atoms with Crippen molar-refractivity contribution < 1.29 is 31.6 Å². The summed E-state index contributed by atoms with van der Waals surface area (Å²) in [5.74, 6) is -2.86. The van der Waals surface area contributed by atoms with E-state index in [1.807, 2.05) is 0 Å². The number of rotatable bonds is 2. The molecule has 0 radical (unpaired) electrons. The zero-order valence-corrected chi connectivity index (χ0v) is 9.07. The van der Waals surface area contributed by atoms with Crippen LogP contribution < -0.4 is 4.74 Å². The van der Waals surface area contributed by atoms with Gasteiger partial charge in [0.05, 0.1) is 5.56 Å². The van der Waals surface area contributed by atoms with Gasteiger partial charge in [-0.25, -0.2) is 9.18 Å². The van der Waals surface area contributed by atoms with Crippen LogP contribution in [0.4, 0.5) is 17.6 Å². The molecule has 0 unspecified atom stereocenters. The van der Waals surface area contributed by atoms with Gasteiger partial charge in [0.2, 0.25) is 0 Å². The number of carbonyl (C=O) groups is 1. The second kappa shape index (κ2) is 4.71. The molecule has 1 aromatic heterocycles. The summed E-state index contributed by atoms with van der Waals surface area (Å²) in [6, 6.07) is 2.99. The Kier molecular flexibility index (Phi) is 3.24. The van der Waals surface area contributed by atoms with Gasteiger partial charge in [0, 0.05) is 12.1 Å². The summed E-state index contributed by atoms with van der Waals surface area (Å²) < 4.78 is 59.1. The number of alkyl halides is 3. The Hall–Kier alpha value is -2.38. The first-order chi connectivity index (χ1) is 8.88.